The first-order valence-electron chi connectivity index (χ1n) is 9.56. The zero-order chi connectivity index (χ0) is 17.9. The second-order valence-electron chi connectivity index (χ2n) is 6.76. The summed E-state index contributed by atoms with van der Waals surface area (Å²) >= 11 is 0. The fourth-order valence-electron chi connectivity index (χ4n) is 3.81. The molecule has 1 heterocycles. The monoisotopic (exact) mass is 347 g/mol. The lowest BCUT2D eigenvalue weighted by Crippen LogP contribution is -2.13. The van der Waals surface area contributed by atoms with Crippen LogP contribution in [0.1, 0.15) is 43.9 Å². The third-order valence-corrected chi connectivity index (χ3v) is 5.07. The average Bonchev–Trinajstić information content (AvgIpc) is 3.08. The van der Waals surface area contributed by atoms with Crippen molar-refractivity contribution >= 4 is 0 Å². The summed E-state index contributed by atoms with van der Waals surface area (Å²) in [5.41, 5.74) is 6.96. The highest BCUT2D eigenvalue weighted by atomic mass is 16.5. The third-order valence-electron chi connectivity index (χ3n) is 5.07. The zero-order valence-electron chi connectivity index (χ0n) is 15.5. The lowest BCUT2D eigenvalue weighted by Gasteiger charge is -2.24. The van der Waals surface area contributed by atoms with E-state index in [0.717, 1.165) is 42.8 Å². The summed E-state index contributed by atoms with van der Waals surface area (Å²) in [6, 6.07) is 17.1. The number of unbranched alkanes of at least 4 members (excludes halogenated alkanes) is 1. The number of fused-ring (bicyclic) bond motifs is 5. The van der Waals surface area contributed by atoms with Crippen LogP contribution in [0.15, 0.2) is 48.5 Å². The average molecular weight is 347 g/mol. The normalized spacial score (nSPS) is 15.5. The van der Waals surface area contributed by atoms with Crippen LogP contribution in [0.25, 0.3) is 22.5 Å². The number of nitrogens with zero attached hydrogens (tertiary/aromatic N) is 3. The van der Waals surface area contributed by atoms with Gasteiger partial charge in [0.25, 0.3) is 0 Å². The second-order valence-corrected chi connectivity index (χ2v) is 6.76. The van der Waals surface area contributed by atoms with Crippen molar-refractivity contribution < 1.29 is 4.74 Å². The van der Waals surface area contributed by atoms with Crippen LogP contribution >= 0.6 is 0 Å². The molecule has 0 bridgehead atoms. The van der Waals surface area contributed by atoms with Gasteiger partial charge in [0.05, 0.1) is 11.8 Å². The minimum Gasteiger partial charge on any atom is -0.373 e. The number of aryl methyl sites for hydroxylation is 1. The van der Waals surface area contributed by atoms with E-state index in [1.165, 1.54) is 16.7 Å². The minimum absolute atomic E-state index is 0.0336. The molecule has 1 aromatic heterocycles. The number of aromatic nitrogens is 3. The SMILES string of the molecule is CCCCn1nnc2c1-c1ccccc1CC(OCC)c1ccccc1-2. The van der Waals surface area contributed by atoms with Crippen molar-refractivity contribution in [3.05, 3.63) is 59.7 Å². The molecule has 0 fully saturated rings. The van der Waals surface area contributed by atoms with Gasteiger partial charge in [-0.05, 0) is 24.5 Å². The van der Waals surface area contributed by atoms with Crippen molar-refractivity contribution in [3.63, 3.8) is 0 Å². The van der Waals surface area contributed by atoms with E-state index in [2.05, 4.69) is 77.4 Å². The van der Waals surface area contributed by atoms with Crippen LogP contribution in [0, 0.1) is 0 Å². The Morgan fingerprint density at radius 2 is 1.81 bits per heavy atom. The maximum absolute atomic E-state index is 6.13. The predicted octanol–water partition coefficient (Wildman–Crippen LogP) is 5.05. The molecule has 4 nitrogen and oxygen atoms in total. The molecule has 0 saturated heterocycles. The van der Waals surface area contributed by atoms with Gasteiger partial charge in [-0.2, -0.15) is 0 Å². The molecule has 3 aromatic rings. The summed E-state index contributed by atoms with van der Waals surface area (Å²) in [6.45, 7) is 5.84. The van der Waals surface area contributed by atoms with Gasteiger partial charge < -0.3 is 4.74 Å². The van der Waals surface area contributed by atoms with Crippen molar-refractivity contribution in [2.75, 3.05) is 6.61 Å². The van der Waals surface area contributed by atoms with E-state index < -0.39 is 0 Å². The first-order chi connectivity index (χ1) is 12.8. The molecular formula is C22H25N3O. The van der Waals surface area contributed by atoms with Crippen LogP contribution in [0.2, 0.25) is 0 Å². The molecule has 4 heteroatoms. The Labute approximate surface area is 154 Å². The van der Waals surface area contributed by atoms with Crippen molar-refractivity contribution in [2.24, 2.45) is 0 Å². The molecule has 1 unspecified atom stereocenters. The molecule has 1 aliphatic rings. The van der Waals surface area contributed by atoms with Gasteiger partial charge in [-0.3, -0.25) is 0 Å². The van der Waals surface area contributed by atoms with Gasteiger partial charge >= 0.3 is 0 Å². The Kier molecular flexibility index (Phi) is 4.85. The summed E-state index contributed by atoms with van der Waals surface area (Å²) < 4.78 is 8.21. The summed E-state index contributed by atoms with van der Waals surface area (Å²) in [5.74, 6) is 0. The van der Waals surface area contributed by atoms with Crippen LogP contribution in [0.5, 0.6) is 0 Å². The molecule has 0 saturated carbocycles. The third kappa shape index (κ3) is 2.95. The summed E-state index contributed by atoms with van der Waals surface area (Å²) in [6.07, 6.45) is 3.13. The molecule has 26 heavy (non-hydrogen) atoms. The topological polar surface area (TPSA) is 39.9 Å². The molecular weight excluding hydrogens is 322 g/mol. The number of benzene rings is 2. The van der Waals surface area contributed by atoms with Gasteiger partial charge in [0.15, 0.2) is 0 Å². The smallest absolute Gasteiger partial charge is 0.121 e. The molecule has 0 amide bonds. The van der Waals surface area contributed by atoms with Gasteiger partial charge in [0.2, 0.25) is 0 Å². The molecule has 1 aliphatic carbocycles. The number of hydrogen-bond acceptors (Lipinski definition) is 3. The number of rotatable bonds is 5. The first kappa shape index (κ1) is 17.0. The molecule has 0 spiro atoms. The highest BCUT2D eigenvalue weighted by Crippen LogP contribution is 2.41. The molecule has 4 rings (SSSR count). The molecule has 0 radical (unpaired) electrons. The zero-order valence-corrected chi connectivity index (χ0v) is 15.5. The van der Waals surface area contributed by atoms with Crippen molar-refractivity contribution in [1.29, 1.82) is 0 Å². The molecule has 134 valence electrons. The quantitative estimate of drug-likeness (QED) is 0.649. The van der Waals surface area contributed by atoms with E-state index in [-0.39, 0.29) is 6.10 Å². The van der Waals surface area contributed by atoms with Crippen LogP contribution in [0.4, 0.5) is 0 Å². The van der Waals surface area contributed by atoms with E-state index in [1.807, 2.05) is 0 Å². The Balaban J connectivity index is 1.97. The van der Waals surface area contributed by atoms with E-state index in [4.69, 9.17) is 4.74 Å². The summed E-state index contributed by atoms with van der Waals surface area (Å²) in [4.78, 5) is 0. The lowest BCUT2D eigenvalue weighted by atomic mass is 9.87. The molecule has 0 N–H and O–H groups in total. The Morgan fingerprint density at radius 3 is 2.62 bits per heavy atom. The van der Waals surface area contributed by atoms with Gasteiger partial charge in [-0.25, -0.2) is 4.68 Å². The first-order valence-corrected chi connectivity index (χ1v) is 9.56. The van der Waals surface area contributed by atoms with Crippen LogP contribution in [-0.2, 0) is 17.7 Å². The van der Waals surface area contributed by atoms with Crippen molar-refractivity contribution in [3.8, 4) is 22.5 Å². The Bertz CT molecular complexity index is 900. The van der Waals surface area contributed by atoms with Crippen LogP contribution in [-0.4, -0.2) is 21.6 Å². The van der Waals surface area contributed by atoms with Crippen molar-refractivity contribution in [2.45, 2.75) is 45.8 Å². The van der Waals surface area contributed by atoms with E-state index in [0.29, 0.717) is 6.61 Å². The fourth-order valence-corrected chi connectivity index (χ4v) is 3.81. The Hall–Kier alpha value is -2.46. The predicted molar refractivity (Wildman–Crippen MR) is 104 cm³/mol. The van der Waals surface area contributed by atoms with E-state index in [9.17, 15) is 0 Å². The number of hydrogen-bond donors (Lipinski definition) is 0. The highest BCUT2D eigenvalue weighted by Gasteiger charge is 2.27. The second kappa shape index (κ2) is 7.42. The summed E-state index contributed by atoms with van der Waals surface area (Å²) in [5, 5.41) is 9.12. The number of ether oxygens (including phenoxy) is 1. The fraction of sp³-hybridized carbons (Fsp3) is 0.364. The maximum atomic E-state index is 6.13. The largest absolute Gasteiger partial charge is 0.373 e. The maximum Gasteiger partial charge on any atom is 0.121 e. The van der Waals surface area contributed by atoms with Crippen LogP contribution < -0.4 is 0 Å². The van der Waals surface area contributed by atoms with Gasteiger partial charge in [0.1, 0.15) is 5.69 Å². The van der Waals surface area contributed by atoms with E-state index >= 15 is 0 Å². The van der Waals surface area contributed by atoms with E-state index in [1.54, 1.807) is 0 Å². The standard InChI is InChI=1S/C22H25N3O/c1-3-5-14-25-22-17-11-7-6-10-16(17)15-20(26-4-2)18-12-8-9-13-19(18)21(22)23-24-25/h6-13,20H,3-5,14-15H2,1-2H3. The highest BCUT2D eigenvalue weighted by molar-refractivity contribution is 5.82. The summed E-state index contributed by atoms with van der Waals surface area (Å²) in [7, 11) is 0. The molecule has 1 atom stereocenters. The van der Waals surface area contributed by atoms with Gasteiger partial charge in [0, 0.05) is 30.7 Å². The van der Waals surface area contributed by atoms with Crippen LogP contribution in [0.3, 0.4) is 0 Å². The Morgan fingerprint density at radius 1 is 1.04 bits per heavy atom. The lowest BCUT2D eigenvalue weighted by molar-refractivity contribution is 0.0632. The van der Waals surface area contributed by atoms with Gasteiger partial charge in [-0.15, -0.1) is 5.10 Å². The molecule has 0 aliphatic heterocycles. The van der Waals surface area contributed by atoms with Gasteiger partial charge in [-0.1, -0.05) is 67.1 Å². The molecule has 2 aromatic carbocycles. The van der Waals surface area contributed by atoms with Crippen molar-refractivity contribution in [1.82, 2.24) is 15.0 Å². The minimum atomic E-state index is 0.0336.